The summed E-state index contributed by atoms with van der Waals surface area (Å²) in [4.78, 5) is 46.7. The number of benzene rings is 1. The van der Waals surface area contributed by atoms with E-state index in [9.17, 15) is 14.9 Å². The molecule has 0 bridgehead atoms. The van der Waals surface area contributed by atoms with E-state index in [0.717, 1.165) is 5.69 Å². The number of aromatic amines is 1. The number of hydrogen-bond donors (Lipinski definition) is 2. The fourth-order valence-electron chi connectivity index (χ4n) is 4.45. The summed E-state index contributed by atoms with van der Waals surface area (Å²) < 4.78 is 10.8. The van der Waals surface area contributed by atoms with Gasteiger partial charge in [0, 0.05) is 23.2 Å². The molecule has 4 heterocycles. The van der Waals surface area contributed by atoms with Crippen molar-refractivity contribution in [3.05, 3.63) is 75.6 Å². The van der Waals surface area contributed by atoms with Crippen LogP contribution >= 0.6 is 0 Å². The molecule has 12 nitrogen and oxygen atoms in total. The van der Waals surface area contributed by atoms with Crippen molar-refractivity contribution >= 4 is 28.9 Å². The number of pyridine rings is 2. The highest BCUT2D eigenvalue weighted by Crippen LogP contribution is 2.47. The molecule has 190 valence electrons. The molecule has 6 rings (SSSR count). The third-order valence-corrected chi connectivity index (χ3v) is 6.52. The minimum Gasteiger partial charge on any atom is -0.486 e. The molecule has 1 aliphatic carbocycles. The number of rotatable bonds is 7. The monoisotopic (exact) mass is 510 g/mol. The number of carbonyl (C=O) groups excluding carboxylic acids is 1. The van der Waals surface area contributed by atoms with Gasteiger partial charge < -0.3 is 19.8 Å². The average Bonchev–Trinajstić information content (AvgIpc) is 3.55. The van der Waals surface area contributed by atoms with Crippen molar-refractivity contribution in [1.29, 1.82) is 5.26 Å². The molecule has 0 unspecified atom stereocenters. The molecule has 4 aromatic rings. The van der Waals surface area contributed by atoms with E-state index in [1.807, 2.05) is 18.2 Å². The lowest BCUT2D eigenvalue weighted by Gasteiger charge is -2.19. The molecule has 2 N–H and O–H groups in total. The van der Waals surface area contributed by atoms with Crippen LogP contribution in [-0.4, -0.2) is 44.2 Å². The number of cyclic esters (lactones) is 1. The van der Waals surface area contributed by atoms with Gasteiger partial charge in [-0.3, -0.25) is 9.78 Å². The number of nitrogens with one attached hydrogen (secondary N) is 2. The lowest BCUT2D eigenvalue weighted by atomic mass is 10.0. The Hall–Kier alpha value is -5.05. The maximum absolute atomic E-state index is 13.2. The number of ether oxygens (including phenoxy) is 2. The van der Waals surface area contributed by atoms with E-state index in [-0.39, 0.29) is 30.7 Å². The van der Waals surface area contributed by atoms with Gasteiger partial charge >= 0.3 is 6.09 Å². The highest BCUT2D eigenvalue weighted by atomic mass is 16.6. The van der Waals surface area contributed by atoms with Gasteiger partial charge in [-0.1, -0.05) is 6.07 Å². The topological polar surface area (TPSA) is 159 Å². The fourth-order valence-corrected chi connectivity index (χ4v) is 4.45. The van der Waals surface area contributed by atoms with Crippen LogP contribution in [0.3, 0.4) is 0 Å². The van der Waals surface area contributed by atoms with Gasteiger partial charge in [0.1, 0.15) is 30.9 Å². The predicted octanol–water partition coefficient (Wildman–Crippen LogP) is 2.93. The molecule has 1 aromatic carbocycles. The highest BCUT2D eigenvalue weighted by molar-refractivity contribution is 5.87. The molecule has 12 heteroatoms. The van der Waals surface area contributed by atoms with E-state index in [4.69, 9.17) is 9.47 Å². The van der Waals surface area contributed by atoms with Crippen LogP contribution in [0.25, 0.3) is 10.9 Å². The summed E-state index contributed by atoms with van der Waals surface area (Å²) in [5.41, 5.74) is 1.18. The molecule has 0 atom stereocenters. The molecule has 0 spiro atoms. The fraction of sp³-hybridized carbons (Fsp3) is 0.269. The van der Waals surface area contributed by atoms with Crippen molar-refractivity contribution < 1.29 is 14.3 Å². The molecule has 1 amide bonds. The summed E-state index contributed by atoms with van der Waals surface area (Å²) in [5, 5.41) is 13.7. The van der Waals surface area contributed by atoms with Crippen molar-refractivity contribution in [2.45, 2.75) is 31.9 Å². The van der Waals surface area contributed by atoms with Gasteiger partial charge in [0.2, 0.25) is 11.9 Å². The zero-order valence-electron chi connectivity index (χ0n) is 20.4. The van der Waals surface area contributed by atoms with E-state index in [1.165, 1.54) is 4.90 Å². The minimum atomic E-state index is -0.681. The first-order chi connectivity index (χ1) is 18.4. The van der Waals surface area contributed by atoms with Gasteiger partial charge in [0.15, 0.2) is 0 Å². The SMILES string of the molecule is Cc1nc(NC2(c3cc4cc(C#N)c(OCc5ccccn5)cc4[nH]c3=O)CC2)nc(N2CCOC2=O)n1. The molecule has 0 radical (unpaired) electrons. The first-order valence-corrected chi connectivity index (χ1v) is 12.0. The van der Waals surface area contributed by atoms with Crippen molar-refractivity contribution in [2.75, 3.05) is 23.4 Å². The number of carbonyl (C=O) groups is 1. The number of aryl methyl sites for hydroxylation is 1. The van der Waals surface area contributed by atoms with Crippen molar-refractivity contribution in [1.82, 2.24) is 24.9 Å². The van der Waals surface area contributed by atoms with Gasteiger partial charge in [0.25, 0.3) is 5.56 Å². The Bertz CT molecular complexity index is 1660. The van der Waals surface area contributed by atoms with Gasteiger partial charge in [0.05, 0.1) is 28.9 Å². The van der Waals surface area contributed by atoms with Crippen molar-refractivity contribution in [2.24, 2.45) is 0 Å². The van der Waals surface area contributed by atoms with E-state index >= 15 is 0 Å². The van der Waals surface area contributed by atoms with E-state index in [2.05, 4.69) is 36.3 Å². The van der Waals surface area contributed by atoms with Gasteiger partial charge in [-0.2, -0.15) is 20.2 Å². The summed E-state index contributed by atoms with van der Waals surface area (Å²) in [6.07, 6.45) is 2.53. The normalized spacial score (nSPS) is 15.7. The van der Waals surface area contributed by atoms with Gasteiger partial charge in [-0.15, -0.1) is 0 Å². The number of nitriles is 1. The standard InChI is InChI=1S/C26H22N8O4/c1-15-29-23(32-24(30-15)34-8-9-37-25(34)36)33-26(5-6-26)19-11-16-10-17(13-27)21(12-20(16)31-22(19)35)38-14-18-4-2-3-7-28-18/h2-4,7,10-12H,5-6,8-9,14H2,1H3,(H,31,35)(H,29,30,32,33). The predicted molar refractivity (Wildman–Crippen MR) is 136 cm³/mol. The Morgan fingerprint density at radius 3 is 2.79 bits per heavy atom. The smallest absolute Gasteiger partial charge is 0.416 e. The second-order valence-corrected chi connectivity index (χ2v) is 9.15. The number of fused-ring (bicyclic) bond motifs is 1. The highest BCUT2D eigenvalue weighted by Gasteiger charge is 2.47. The van der Waals surface area contributed by atoms with Gasteiger partial charge in [-0.05, 0) is 44.0 Å². The van der Waals surface area contributed by atoms with Crippen LogP contribution < -0.4 is 20.5 Å². The number of H-pyrrole nitrogens is 1. The van der Waals surface area contributed by atoms with Crippen LogP contribution in [0.5, 0.6) is 5.75 Å². The summed E-state index contributed by atoms with van der Waals surface area (Å²) in [5.74, 6) is 1.25. The summed E-state index contributed by atoms with van der Waals surface area (Å²) in [7, 11) is 0. The maximum Gasteiger partial charge on any atom is 0.416 e. The Labute approximate surface area is 216 Å². The number of nitrogens with zero attached hydrogens (tertiary/aromatic N) is 6. The quantitative estimate of drug-likeness (QED) is 0.378. The number of aromatic nitrogens is 5. The lowest BCUT2D eigenvalue weighted by molar-refractivity contribution is 0.181. The van der Waals surface area contributed by atoms with E-state index in [0.29, 0.717) is 53.0 Å². The molecule has 38 heavy (non-hydrogen) atoms. The molecule has 2 aliphatic rings. The lowest BCUT2D eigenvalue weighted by Crippen LogP contribution is -2.30. The summed E-state index contributed by atoms with van der Waals surface area (Å²) in [6, 6.07) is 12.8. The Balaban J connectivity index is 1.30. The number of amides is 1. The Morgan fingerprint density at radius 2 is 2.08 bits per heavy atom. The van der Waals surface area contributed by atoms with Crippen LogP contribution in [0, 0.1) is 18.3 Å². The second kappa shape index (κ2) is 9.11. The van der Waals surface area contributed by atoms with Gasteiger partial charge in [-0.25, -0.2) is 9.69 Å². The molecule has 1 saturated carbocycles. The third kappa shape index (κ3) is 4.34. The molecular formula is C26H22N8O4. The second-order valence-electron chi connectivity index (χ2n) is 9.15. The van der Waals surface area contributed by atoms with E-state index < -0.39 is 11.6 Å². The van der Waals surface area contributed by atoms with E-state index in [1.54, 1.807) is 31.3 Å². The van der Waals surface area contributed by atoms with Crippen molar-refractivity contribution in [3.63, 3.8) is 0 Å². The largest absolute Gasteiger partial charge is 0.486 e. The molecule has 2 fully saturated rings. The van der Waals surface area contributed by atoms with Crippen LogP contribution in [0.4, 0.5) is 16.7 Å². The molecule has 1 saturated heterocycles. The Morgan fingerprint density at radius 1 is 1.21 bits per heavy atom. The molecule has 1 aliphatic heterocycles. The molecule has 3 aromatic heterocycles. The average molecular weight is 511 g/mol. The van der Waals surface area contributed by atoms with Crippen LogP contribution in [0.1, 0.15) is 35.5 Å². The van der Waals surface area contributed by atoms with Crippen LogP contribution in [-0.2, 0) is 16.9 Å². The first kappa shape index (κ1) is 23.4. The Kier molecular flexibility index (Phi) is 5.60. The number of anilines is 2. The van der Waals surface area contributed by atoms with Crippen molar-refractivity contribution in [3.8, 4) is 11.8 Å². The number of hydrogen-bond acceptors (Lipinski definition) is 10. The zero-order valence-corrected chi connectivity index (χ0v) is 20.4. The summed E-state index contributed by atoms with van der Waals surface area (Å²) in [6.45, 7) is 2.52. The van der Waals surface area contributed by atoms with Crippen LogP contribution in [0.2, 0.25) is 0 Å². The maximum atomic E-state index is 13.2. The zero-order chi connectivity index (χ0) is 26.3. The summed E-state index contributed by atoms with van der Waals surface area (Å²) >= 11 is 0. The van der Waals surface area contributed by atoms with Crippen LogP contribution in [0.15, 0.2) is 47.4 Å². The molecular weight excluding hydrogens is 488 g/mol. The first-order valence-electron chi connectivity index (χ1n) is 12.0. The minimum absolute atomic E-state index is 0.193. The third-order valence-electron chi connectivity index (χ3n) is 6.52.